The van der Waals surface area contributed by atoms with Crippen LogP contribution in [0, 0.1) is 0 Å². The van der Waals surface area contributed by atoms with Gasteiger partial charge in [-0.2, -0.15) is 0 Å². The number of amides is 1. The lowest BCUT2D eigenvalue weighted by Gasteiger charge is -2.34. The van der Waals surface area contributed by atoms with Gasteiger partial charge < -0.3 is 19.3 Å². The maximum Gasteiger partial charge on any atom is 0.267 e. The molecule has 2 aliphatic rings. The van der Waals surface area contributed by atoms with E-state index in [-0.39, 0.29) is 12.0 Å². The minimum absolute atomic E-state index is 0.0416. The van der Waals surface area contributed by atoms with Crippen molar-refractivity contribution >= 4 is 5.91 Å². The number of benzene rings is 1. The van der Waals surface area contributed by atoms with E-state index in [1.54, 1.807) is 0 Å². The first-order chi connectivity index (χ1) is 10.7. The van der Waals surface area contributed by atoms with Gasteiger partial charge in [0.2, 0.25) is 6.10 Å². The molecule has 2 heterocycles. The molecule has 0 radical (unpaired) electrons. The van der Waals surface area contributed by atoms with Crippen LogP contribution >= 0.6 is 0 Å². The smallest absolute Gasteiger partial charge is 0.267 e. The molecular formula is C17H24N2O3. The molecule has 0 bridgehead atoms. The molecule has 0 aliphatic carbocycles. The maximum absolute atomic E-state index is 12.8. The topological polar surface area (TPSA) is 42.0 Å². The number of ether oxygens (including phenoxy) is 2. The lowest BCUT2D eigenvalue weighted by molar-refractivity contribution is -0.144. The maximum atomic E-state index is 12.8. The summed E-state index contributed by atoms with van der Waals surface area (Å²) in [6, 6.07) is 7.52. The number of carbonyl (C=O) groups excluding carboxylic acids is 1. The third kappa shape index (κ3) is 3.04. The van der Waals surface area contributed by atoms with Crippen LogP contribution in [0.4, 0.5) is 0 Å². The number of fused-ring (bicyclic) bond motifs is 1. The predicted molar refractivity (Wildman–Crippen MR) is 84.3 cm³/mol. The van der Waals surface area contributed by atoms with Crippen molar-refractivity contribution in [1.82, 2.24) is 9.80 Å². The summed E-state index contributed by atoms with van der Waals surface area (Å²) in [5.41, 5.74) is 0. The molecule has 0 aromatic heterocycles. The lowest BCUT2D eigenvalue weighted by atomic mass is 10.1. The Morgan fingerprint density at radius 2 is 1.86 bits per heavy atom. The normalized spacial score (nSPS) is 25.6. The summed E-state index contributed by atoms with van der Waals surface area (Å²) in [5, 5.41) is 0. The van der Waals surface area contributed by atoms with Gasteiger partial charge in [-0.3, -0.25) is 4.79 Å². The van der Waals surface area contributed by atoms with Gasteiger partial charge in [0, 0.05) is 19.6 Å². The first kappa shape index (κ1) is 15.2. The van der Waals surface area contributed by atoms with E-state index >= 15 is 0 Å². The van der Waals surface area contributed by atoms with Gasteiger partial charge in [-0.05, 0) is 38.6 Å². The van der Waals surface area contributed by atoms with Crippen molar-refractivity contribution in [1.29, 1.82) is 0 Å². The lowest BCUT2D eigenvalue weighted by Crippen LogP contribution is -2.51. The van der Waals surface area contributed by atoms with Crippen molar-refractivity contribution in [3.8, 4) is 11.5 Å². The number of likely N-dealkylation sites (N-methyl/N-ethyl adjacent to an activating group) is 1. The molecule has 0 spiro atoms. The zero-order valence-corrected chi connectivity index (χ0v) is 13.3. The zero-order chi connectivity index (χ0) is 15.5. The first-order valence-corrected chi connectivity index (χ1v) is 8.12. The van der Waals surface area contributed by atoms with E-state index in [1.807, 2.05) is 36.1 Å². The average molecular weight is 304 g/mol. The Morgan fingerprint density at radius 1 is 1.14 bits per heavy atom. The average Bonchev–Trinajstić information content (AvgIpc) is 2.79. The van der Waals surface area contributed by atoms with Crippen molar-refractivity contribution in [3.05, 3.63) is 24.3 Å². The Kier molecular flexibility index (Phi) is 4.52. The highest BCUT2D eigenvalue weighted by molar-refractivity contribution is 5.82. The van der Waals surface area contributed by atoms with E-state index in [0.717, 1.165) is 39.1 Å². The van der Waals surface area contributed by atoms with Gasteiger partial charge in [0.1, 0.15) is 6.10 Å². The van der Waals surface area contributed by atoms with E-state index in [2.05, 4.69) is 11.8 Å². The molecule has 22 heavy (non-hydrogen) atoms. The molecule has 2 aliphatic heterocycles. The van der Waals surface area contributed by atoms with E-state index < -0.39 is 6.10 Å². The molecule has 5 nitrogen and oxygen atoms in total. The third-order valence-corrected chi connectivity index (χ3v) is 4.43. The summed E-state index contributed by atoms with van der Waals surface area (Å²) < 4.78 is 11.8. The number of para-hydroxylation sites is 2. The van der Waals surface area contributed by atoms with Gasteiger partial charge >= 0.3 is 0 Å². The molecular weight excluding hydrogens is 280 g/mol. The number of hydrogen-bond donors (Lipinski definition) is 0. The first-order valence-electron chi connectivity index (χ1n) is 8.12. The number of rotatable bonds is 2. The van der Waals surface area contributed by atoms with Gasteiger partial charge in [0.25, 0.3) is 5.91 Å². The summed E-state index contributed by atoms with van der Waals surface area (Å²) in [6.07, 6.45) is 0.189. The van der Waals surface area contributed by atoms with Crippen LogP contribution in [-0.2, 0) is 4.79 Å². The van der Waals surface area contributed by atoms with E-state index in [9.17, 15) is 4.79 Å². The fraction of sp³-hybridized carbons (Fsp3) is 0.588. The summed E-state index contributed by atoms with van der Waals surface area (Å²) in [5.74, 6) is 1.41. The van der Waals surface area contributed by atoms with E-state index in [1.165, 1.54) is 0 Å². The molecule has 0 saturated carbocycles. The molecule has 0 N–H and O–H groups in total. The standard InChI is InChI=1S/C17H24N2O3/c1-3-18-9-6-10-19(12-11-18)17(20)16-13(2)21-14-7-4-5-8-15(14)22-16/h4-5,7-8,13,16H,3,6,9-12H2,1-2H3/t13-,16-/m0/s1. The summed E-state index contributed by atoms with van der Waals surface area (Å²) >= 11 is 0. The van der Waals surface area contributed by atoms with Crippen LogP contribution in [0.25, 0.3) is 0 Å². The van der Waals surface area contributed by atoms with Gasteiger partial charge in [-0.1, -0.05) is 19.1 Å². The SMILES string of the molecule is CCN1CCCN(C(=O)[C@H]2Oc3ccccc3O[C@H]2C)CC1. The fourth-order valence-corrected chi connectivity index (χ4v) is 3.08. The molecule has 1 saturated heterocycles. The van der Waals surface area contributed by atoms with Crippen molar-refractivity contribution in [2.24, 2.45) is 0 Å². The minimum Gasteiger partial charge on any atom is -0.482 e. The van der Waals surface area contributed by atoms with Gasteiger partial charge in [0.15, 0.2) is 11.5 Å². The second-order valence-electron chi connectivity index (χ2n) is 5.92. The monoisotopic (exact) mass is 304 g/mol. The number of nitrogens with zero attached hydrogens (tertiary/aromatic N) is 2. The quantitative estimate of drug-likeness (QED) is 0.835. The number of carbonyl (C=O) groups is 1. The van der Waals surface area contributed by atoms with Crippen LogP contribution in [-0.4, -0.2) is 60.6 Å². The third-order valence-electron chi connectivity index (χ3n) is 4.43. The van der Waals surface area contributed by atoms with Crippen molar-refractivity contribution in [2.45, 2.75) is 32.5 Å². The fourth-order valence-electron chi connectivity index (χ4n) is 3.08. The second kappa shape index (κ2) is 6.57. The zero-order valence-electron chi connectivity index (χ0n) is 13.3. The van der Waals surface area contributed by atoms with E-state index in [4.69, 9.17) is 9.47 Å². The highest BCUT2D eigenvalue weighted by Crippen LogP contribution is 2.33. The highest BCUT2D eigenvalue weighted by atomic mass is 16.6. The molecule has 0 unspecified atom stereocenters. The Morgan fingerprint density at radius 3 is 2.59 bits per heavy atom. The molecule has 5 heteroatoms. The van der Waals surface area contributed by atoms with Gasteiger partial charge in [-0.15, -0.1) is 0 Å². The minimum atomic E-state index is -0.553. The Bertz CT molecular complexity index is 534. The van der Waals surface area contributed by atoms with E-state index in [0.29, 0.717) is 11.5 Å². The molecule has 2 atom stereocenters. The largest absolute Gasteiger partial charge is 0.482 e. The summed E-state index contributed by atoms with van der Waals surface area (Å²) in [7, 11) is 0. The summed E-state index contributed by atoms with van der Waals surface area (Å²) in [4.78, 5) is 17.1. The Hall–Kier alpha value is -1.75. The van der Waals surface area contributed by atoms with Crippen LogP contribution in [0.5, 0.6) is 11.5 Å². The van der Waals surface area contributed by atoms with Gasteiger partial charge in [-0.25, -0.2) is 0 Å². The van der Waals surface area contributed by atoms with Crippen LogP contribution in [0.1, 0.15) is 20.3 Å². The number of hydrogen-bond acceptors (Lipinski definition) is 4. The van der Waals surface area contributed by atoms with Crippen LogP contribution in [0.15, 0.2) is 24.3 Å². The highest BCUT2D eigenvalue weighted by Gasteiger charge is 2.37. The predicted octanol–water partition coefficient (Wildman–Crippen LogP) is 1.77. The van der Waals surface area contributed by atoms with Crippen molar-refractivity contribution in [2.75, 3.05) is 32.7 Å². The summed E-state index contributed by atoms with van der Waals surface area (Å²) in [6.45, 7) is 8.64. The molecule has 1 aromatic rings. The Labute approximate surface area is 131 Å². The second-order valence-corrected chi connectivity index (χ2v) is 5.92. The van der Waals surface area contributed by atoms with Crippen LogP contribution in [0.3, 0.4) is 0 Å². The molecule has 1 aromatic carbocycles. The van der Waals surface area contributed by atoms with Gasteiger partial charge in [0.05, 0.1) is 0 Å². The molecule has 1 fully saturated rings. The molecule has 120 valence electrons. The Balaban J connectivity index is 1.70. The molecule has 3 rings (SSSR count). The van der Waals surface area contributed by atoms with Crippen LogP contribution < -0.4 is 9.47 Å². The molecule has 1 amide bonds. The van der Waals surface area contributed by atoms with Crippen molar-refractivity contribution < 1.29 is 14.3 Å². The van der Waals surface area contributed by atoms with Crippen LogP contribution in [0.2, 0.25) is 0 Å². The van der Waals surface area contributed by atoms with Crippen molar-refractivity contribution in [3.63, 3.8) is 0 Å².